The first kappa shape index (κ1) is 15.4. The van der Waals surface area contributed by atoms with Crippen LogP contribution in [0.1, 0.15) is 41.8 Å². The lowest BCUT2D eigenvalue weighted by atomic mass is 9.97. The van der Waals surface area contributed by atoms with E-state index in [4.69, 9.17) is 4.74 Å². The molecule has 0 aliphatic rings. The molecular weight excluding hydrogens is 271 g/mol. The predicted octanol–water partition coefficient (Wildman–Crippen LogP) is 4.24. The lowest BCUT2D eigenvalue weighted by Crippen LogP contribution is -2.14. The monoisotopic (exact) mass is 282 g/mol. The zero-order valence-corrected chi connectivity index (χ0v) is 10.1. The van der Waals surface area contributed by atoms with Gasteiger partial charge in [0.05, 0.1) is 12.2 Å². The van der Waals surface area contributed by atoms with Crippen molar-refractivity contribution in [3.8, 4) is 5.75 Å². The number of carbonyl (C=O) groups is 1. The lowest BCUT2D eigenvalue weighted by Gasteiger charge is -2.17. The van der Waals surface area contributed by atoms with Crippen LogP contribution in [-0.4, -0.2) is 12.4 Å². The summed E-state index contributed by atoms with van der Waals surface area (Å²) in [6, 6.07) is 1.39. The van der Waals surface area contributed by atoms with E-state index in [0.29, 0.717) is 6.07 Å². The van der Waals surface area contributed by atoms with Crippen molar-refractivity contribution < 1.29 is 31.5 Å². The predicted molar refractivity (Wildman–Crippen MR) is 57.6 cm³/mol. The minimum atomic E-state index is -4.98. The Balaban J connectivity index is 3.61. The highest BCUT2D eigenvalue weighted by Crippen LogP contribution is 2.40. The van der Waals surface area contributed by atoms with Crippen molar-refractivity contribution >= 4 is 5.78 Å². The number of Topliss-reactive ketones (excluding diaryl/α,β-unsaturated/α-hetero) is 1. The first-order valence-corrected chi connectivity index (χ1v) is 5.35. The molecule has 0 fully saturated rings. The number of hydrogen-bond acceptors (Lipinski definition) is 2. The average molecular weight is 282 g/mol. The largest absolute Gasteiger partial charge is 0.494 e. The molecular formula is C12H11F5O2. The highest BCUT2D eigenvalue weighted by Gasteiger charge is 2.38. The molecule has 0 radical (unpaired) electrons. The summed E-state index contributed by atoms with van der Waals surface area (Å²) >= 11 is 0. The van der Waals surface area contributed by atoms with Crippen LogP contribution in [-0.2, 0) is 6.18 Å². The van der Waals surface area contributed by atoms with Gasteiger partial charge in [-0.3, -0.25) is 4.79 Å². The van der Waals surface area contributed by atoms with Gasteiger partial charge in [-0.25, -0.2) is 8.78 Å². The minimum absolute atomic E-state index is 0.0582. The quantitative estimate of drug-likeness (QED) is 0.609. The smallest absolute Gasteiger partial charge is 0.417 e. The fraction of sp³-hybridized carbons (Fsp3) is 0.417. The van der Waals surface area contributed by atoms with Crippen LogP contribution < -0.4 is 4.74 Å². The summed E-state index contributed by atoms with van der Waals surface area (Å²) in [6.07, 6.45) is -8.38. The van der Waals surface area contributed by atoms with Gasteiger partial charge < -0.3 is 4.74 Å². The first-order valence-electron chi connectivity index (χ1n) is 5.35. The summed E-state index contributed by atoms with van der Waals surface area (Å²) in [5.41, 5.74) is -3.52. The van der Waals surface area contributed by atoms with E-state index < -0.39 is 35.1 Å². The Labute approximate surface area is 106 Å². The third-order valence-electron chi connectivity index (χ3n) is 2.37. The van der Waals surface area contributed by atoms with Crippen LogP contribution in [0.4, 0.5) is 22.0 Å². The van der Waals surface area contributed by atoms with Crippen molar-refractivity contribution in [2.75, 3.05) is 6.61 Å². The second-order valence-electron chi connectivity index (χ2n) is 3.72. The van der Waals surface area contributed by atoms with Gasteiger partial charge in [0.25, 0.3) is 6.43 Å². The number of benzene rings is 1. The number of hydrogen-bond donors (Lipinski definition) is 0. The summed E-state index contributed by atoms with van der Waals surface area (Å²) in [4.78, 5) is 11.3. The second-order valence-corrected chi connectivity index (χ2v) is 3.72. The van der Waals surface area contributed by atoms with Gasteiger partial charge in [-0.1, -0.05) is 0 Å². The van der Waals surface area contributed by atoms with Gasteiger partial charge in [0.1, 0.15) is 5.75 Å². The Morgan fingerprint density at radius 1 is 1.32 bits per heavy atom. The molecule has 0 aliphatic heterocycles. The molecule has 0 bridgehead atoms. The van der Waals surface area contributed by atoms with Crippen LogP contribution in [0.15, 0.2) is 12.1 Å². The summed E-state index contributed by atoms with van der Waals surface area (Å²) < 4.78 is 68.8. The molecule has 1 aromatic rings. The van der Waals surface area contributed by atoms with E-state index in [1.807, 2.05) is 0 Å². The van der Waals surface area contributed by atoms with Crippen LogP contribution >= 0.6 is 0 Å². The van der Waals surface area contributed by atoms with Gasteiger partial charge in [-0.05, 0) is 26.0 Å². The fourth-order valence-corrected chi connectivity index (χ4v) is 1.64. The van der Waals surface area contributed by atoms with Gasteiger partial charge in [-0.15, -0.1) is 0 Å². The van der Waals surface area contributed by atoms with Gasteiger partial charge in [0.15, 0.2) is 5.78 Å². The van der Waals surface area contributed by atoms with Crippen LogP contribution in [0.2, 0.25) is 0 Å². The van der Waals surface area contributed by atoms with Crippen molar-refractivity contribution in [3.05, 3.63) is 28.8 Å². The molecule has 0 amide bonds. The Morgan fingerprint density at radius 3 is 2.26 bits per heavy atom. The fourth-order valence-electron chi connectivity index (χ4n) is 1.64. The highest BCUT2D eigenvalue weighted by atomic mass is 19.4. The maximum atomic E-state index is 12.8. The molecule has 1 aromatic carbocycles. The van der Waals surface area contributed by atoms with E-state index in [1.54, 1.807) is 0 Å². The average Bonchev–Trinajstić information content (AvgIpc) is 2.26. The Hall–Kier alpha value is -1.66. The first-order chi connectivity index (χ1) is 8.68. The molecule has 0 N–H and O–H groups in total. The molecule has 7 heteroatoms. The third-order valence-corrected chi connectivity index (χ3v) is 2.37. The number of carbonyl (C=O) groups excluding carboxylic acids is 1. The molecule has 0 spiro atoms. The lowest BCUT2D eigenvalue weighted by molar-refractivity contribution is -0.139. The minimum Gasteiger partial charge on any atom is -0.494 e. The van der Waals surface area contributed by atoms with Crippen molar-refractivity contribution in [1.82, 2.24) is 0 Å². The summed E-state index contributed by atoms with van der Waals surface area (Å²) in [6.45, 7) is 2.52. The van der Waals surface area contributed by atoms with Crippen LogP contribution in [0, 0.1) is 0 Å². The van der Waals surface area contributed by atoms with Crippen molar-refractivity contribution in [1.29, 1.82) is 0 Å². The Bertz CT molecular complexity index is 480. The zero-order chi connectivity index (χ0) is 14.8. The summed E-state index contributed by atoms with van der Waals surface area (Å²) in [5.74, 6) is -1.13. The number of rotatable bonds is 4. The molecule has 0 aromatic heterocycles. The summed E-state index contributed by atoms with van der Waals surface area (Å²) in [5, 5.41) is 0. The Morgan fingerprint density at radius 2 is 1.89 bits per heavy atom. The Kier molecular flexibility index (Phi) is 4.49. The standard InChI is InChI=1S/C12H11F5O2/c1-3-19-7-4-8(6(2)18)10(11(13)14)9(5-7)12(15,16)17/h4-5,11H,3H2,1-2H3. The molecule has 0 unspecified atom stereocenters. The number of ketones is 1. The third kappa shape index (κ3) is 3.42. The molecule has 0 aliphatic carbocycles. The zero-order valence-electron chi connectivity index (χ0n) is 10.1. The summed E-state index contributed by atoms with van der Waals surface area (Å²) in [7, 11) is 0. The van der Waals surface area contributed by atoms with Crippen LogP contribution in [0.25, 0.3) is 0 Å². The number of halogens is 5. The van der Waals surface area contributed by atoms with Crippen molar-refractivity contribution in [3.63, 3.8) is 0 Å². The van der Waals surface area contributed by atoms with Crippen molar-refractivity contribution in [2.24, 2.45) is 0 Å². The van der Waals surface area contributed by atoms with Crippen LogP contribution in [0.5, 0.6) is 5.75 Å². The SMILES string of the molecule is CCOc1cc(C(C)=O)c(C(F)F)c(C(F)(F)F)c1. The topological polar surface area (TPSA) is 26.3 Å². The maximum Gasteiger partial charge on any atom is 0.417 e. The van der Waals surface area contributed by atoms with E-state index in [-0.39, 0.29) is 12.4 Å². The van der Waals surface area contributed by atoms with E-state index >= 15 is 0 Å². The number of alkyl halides is 5. The second kappa shape index (κ2) is 5.54. The molecule has 0 saturated carbocycles. The normalized spacial score (nSPS) is 11.8. The molecule has 19 heavy (non-hydrogen) atoms. The molecule has 2 nitrogen and oxygen atoms in total. The van der Waals surface area contributed by atoms with Gasteiger partial charge in [-0.2, -0.15) is 13.2 Å². The van der Waals surface area contributed by atoms with E-state index in [9.17, 15) is 26.7 Å². The maximum absolute atomic E-state index is 12.8. The van der Waals surface area contributed by atoms with Gasteiger partial charge >= 0.3 is 6.18 Å². The van der Waals surface area contributed by atoms with E-state index in [0.717, 1.165) is 13.0 Å². The number of ether oxygens (including phenoxy) is 1. The van der Waals surface area contributed by atoms with E-state index in [2.05, 4.69) is 0 Å². The molecule has 0 heterocycles. The molecule has 0 saturated heterocycles. The van der Waals surface area contributed by atoms with Crippen molar-refractivity contribution in [2.45, 2.75) is 26.4 Å². The molecule has 1 rings (SSSR count). The molecule has 106 valence electrons. The van der Waals surface area contributed by atoms with Gasteiger partial charge in [0, 0.05) is 11.1 Å². The van der Waals surface area contributed by atoms with Crippen LogP contribution in [0.3, 0.4) is 0 Å². The van der Waals surface area contributed by atoms with Gasteiger partial charge in [0.2, 0.25) is 0 Å². The molecule has 0 atom stereocenters. The highest BCUT2D eigenvalue weighted by molar-refractivity contribution is 5.96. The van der Waals surface area contributed by atoms with E-state index in [1.165, 1.54) is 6.92 Å².